The Hall–Kier alpha value is -2.06. The van der Waals surface area contributed by atoms with Crippen molar-refractivity contribution in [1.29, 1.82) is 0 Å². The standard InChI is InChI=1S/C13H12N4O2S2/c1-7-15-11-10(8-4-3-5-20-8)16-13(19)17(12(11)21-7)6-9(18)14-2/h3-5H,6H2,1-2H3,(H,14,18). The molecule has 3 aromatic rings. The fourth-order valence-electron chi connectivity index (χ4n) is 2.00. The molecule has 1 N–H and O–H groups in total. The smallest absolute Gasteiger partial charge is 0.349 e. The number of carbonyl (C=O) groups is 1. The number of thiophene rings is 1. The quantitative estimate of drug-likeness (QED) is 0.796. The van der Waals surface area contributed by atoms with Gasteiger partial charge in [-0.3, -0.25) is 9.36 Å². The van der Waals surface area contributed by atoms with Gasteiger partial charge in [0.05, 0.1) is 9.88 Å². The zero-order valence-corrected chi connectivity index (χ0v) is 13.0. The zero-order chi connectivity index (χ0) is 15.0. The summed E-state index contributed by atoms with van der Waals surface area (Å²) in [5, 5.41) is 5.28. The lowest BCUT2D eigenvalue weighted by atomic mass is 10.3. The summed E-state index contributed by atoms with van der Waals surface area (Å²) < 4.78 is 1.37. The van der Waals surface area contributed by atoms with Gasteiger partial charge in [0, 0.05) is 7.05 Å². The number of nitrogens with zero attached hydrogens (tertiary/aromatic N) is 3. The molecule has 0 saturated heterocycles. The average Bonchev–Trinajstić information content (AvgIpc) is 3.10. The van der Waals surface area contributed by atoms with Crippen molar-refractivity contribution in [3.05, 3.63) is 33.0 Å². The second-order valence-electron chi connectivity index (χ2n) is 4.37. The minimum absolute atomic E-state index is 0.0504. The van der Waals surface area contributed by atoms with E-state index in [9.17, 15) is 9.59 Å². The molecule has 0 aromatic carbocycles. The maximum Gasteiger partial charge on any atom is 0.349 e. The van der Waals surface area contributed by atoms with Gasteiger partial charge in [-0.2, -0.15) is 4.98 Å². The Balaban J connectivity index is 2.28. The minimum atomic E-state index is -0.432. The van der Waals surface area contributed by atoms with Crippen LogP contribution in [0, 0.1) is 6.92 Å². The number of rotatable bonds is 3. The van der Waals surface area contributed by atoms with Crippen LogP contribution in [-0.4, -0.2) is 27.5 Å². The Kier molecular flexibility index (Phi) is 3.56. The normalized spacial score (nSPS) is 11.0. The van der Waals surface area contributed by atoms with E-state index >= 15 is 0 Å². The van der Waals surface area contributed by atoms with E-state index in [2.05, 4.69) is 15.3 Å². The summed E-state index contributed by atoms with van der Waals surface area (Å²) in [5.41, 5.74) is 0.823. The summed E-state index contributed by atoms with van der Waals surface area (Å²) in [5.74, 6) is -0.241. The van der Waals surface area contributed by atoms with Crippen LogP contribution in [0.5, 0.6) is 0 Å². The van der Waals surface area contributed by atoms with E-state index in [1.807, 2.05) is 24.4 Å². The van der Waals surface area contributed by atoms with Gasteiger partial charge in [0.2, 0.25) is 5.91 Å². The van der Waals surface area contributed by atoms with Crippen molar-refractivity contribution >= 4 is 38.9 Å². The highest BCUT2D eigenvalue weighted by Crippen LogP contribution is 2.31. The third kappa shape index (κ3) is 2.47. The summed E-state index contributed by atoms with van der Waals surface area (Å²) >= 11 is 2.90. The molecule has 0 atom stereocenters. The van der Waals surface area contributed by atoms with E-state index in [0.717, 1.165) is 9.88 Å². The van der Waals surface area contributed by atoms with Gasteiger partial charge >= 0.3 is 5.69 Å². The van der Waals surface area contributed by atoms with Crippen LogP contribution in [0.4, 0.5) is 0 Å². The second kappa shape index (κ2) is 5.38. The van der Waals surface area contributed by atoms with Crippen LogP contribution in [0.2, 0.25) is 0 Å². The van der Waals surface area contributed by atoms with Gasteiger partial charge in [-0.1, -0.05) is 6.07 Å². The molecule has 8 heteroatoms. The van der Waals surface area contributed by atoms with Gasteiger partial charge in [-0.25, -0.2) is 9.78 Å². The van der Waals surface area contributed by atoms with Gasteiger partial charge < -0.3 is 5.32 Å². The highest BCUT2D eigenvalue weighted by molar-refractivity contribution is 7.18. The summed E-state index contributed by atoms with van der Waals surface area (Å²) in [6, 6.07) is 3.81. The van der Waals surface area contributed by atoms with Crippen LogP contribution in [0.25, 0.3) is 20.9 Å². The number of amides is 1. The average molecular weight is 320 g/mol. The lowest BCUT2D eigenvalue weighted by molar-refractivity contribution is -0.121. The number of aromatic nitrogens is 3. The van der Waals surface area contributed by atoms with Crippen LogP contribution in [0.1, 0.15) is 5.01 Å². The number of thiazole rings is 1. The molecule has 0 radical (unpaired) electrons. The van der Waals surface area contributed by atoms with Gasteiger partial charge in [-0.05, 0) is 18.4 Å². The number of nitrogens with one attached hydrogen (secondary N) is 1. The summed E-state index contributed by atoms with van der Waals surface area (Å²) in [7, 11) is 1.54. The fourth-order valence-corrected chi connectivity index (χ4v) is 3.62. The Morgan fingerprint density at radius 2 is 2.24 bits per heavy atom. The first-order valence-electron chi connectivity index (χ1n) is 6.22. The molecule has 108 valence electrons. The number of fused-ring (bicyclic) bond motifs is 1. The molecule has 3 aromatic heterocycles. The predicted molar refractivity (Wildman–Crippen MR) is 83.8 cm³/mol. The largest absolute Gasteiger partial charge is 0.358 e. The Bertz CT molecular complexity index is 864. The topological polar surface area (TPSA) is 76.9 Å². The SMILES string of the molecule is CNC(=O)Cn1c(=O)nc(-c2cccs2)c2nc(C)sc21. The predicted octanol–water partition coefficient (Wildman–Crippen LogP) is 1.64. The highest BCUT2D eigenvalue weighted by Gasteiger charge is 2.17. The van der Waals surface area contributed by atoms with Crippen LogP contribution in [-0.2, 0) is 11.3 Å². The number of hydrogen-bond donors (Lipinski definition) is 1. The van der Waals surface area contributed by atoms with E-state index in [4.69, 9.17) is 0 Å². The summed E-state index contributed by atoms with van der Waals surface area (Å²) in [4.78, 5) is 34.0. The van der Waals surface area contributed by atoms with Crippen molar-refractivity contribution < 1.29 is 4.79 Å². The molecule has 0 unspecified atom stereocenters. The van der Waals surface area contributed by atoms with Crippen LogP contribution >= 0.6 is 22.7 Å². The Morgan fingerprint density at radius 1 is 1.43 bits per heavy atom. The van der Waals surface area contributed by atoms with Crippen molar-refractivity contribution in [3.63, 3.8) is 0 Å². The van der Waals surface area contributed by atoms with Crippen LogP contribution in [0.15, 0.2) is 22.3 Å². The second-order valence-corrected chi connectivity index (χ2v) is 6.50. The molecule has 1 amide bonds. The Labute approximate surface area is 128 Å². The third-order valence-electron chi connectivity index (χ3n) is 2.96. The van der Waals surface area contributed by atoms with E-state index in [1.165, 1.54) is 34.3 Å². The molecule has 0 aliphatic rings. The van der Waals surface area contributed by atoms with Crippen molar-refractivity contribution in [2.24, 2.45) is 0 Å². The summed E-state index contributed by atoms with van der Waals surface area (Å²) in [6.45, 7) is 1.82. The highest BCUT2D eigenvalue weighted by atomic mass is 32.1. The number of carbonyl (C=O) groups excluding carboxylic acids is 1. The van der Waals surface area contributed by atoms with Crippen LogP contribution < -0.4 is 11.0 Å². The first kappa shape index (κ1) is 13.9. The molecule has 21 heavy (non-hydrogen) atoms. The van der Waals surface area contributed by atoms with E-state index in [-0.39, 0.29) is 12.5 Å². The number of aryl methyl sites for hydroxylation is 1. The van der Waals surface area contributed by atoms with E-state index in [0.29, 0.717) is 16.0 Å². The zero-order valence-electron chi connectivity index (χ0n) is 11.4. The van der Waals surface area contributed by atoms with Crippen LogP contribution in [0.3, 0.4) is 0 Å². The molecule has 0 spiro atoms. The molecular weight excluding hydrogens is 308 g/mol. The van der Waals surface area contributed by atoms with Gasteiger partial charge in [-0.15, -0.1) is 22.7 Å². The van der Waals surface area contributed by atoms with Crippen molar-refractivity contribution in [1.82, 2.24) is 19.9 Å². The van der Waals surface area contributed by atoms with Crippen molar-refractivity contribution in [2.45, 2.75) is 13.5 Å². The minimum Gasteiger partial charge on any atom is -0.358 e. The lowest BCUT2D eigenvalue weighted by Gasteiger charge is -2.07. The summed E-state index contributed by atoms with van der Waals surface area (Å²) in [6.07, 6.45) is 0. The molecule has 0 bridgehead atoms. The van der Waals surface area contributed by atoms with Crippen molar-refractivity contribution in [2.75, 3.05) is 7.05 Å². The number of likely N-dealkylation sites (N-methyl/N-ethyl adjacent to an activating group) is 1. The maximum absolute atomic E-state index is 12.3. The van der Waals surface area contributed by atoms with Gasteiger partial charge in [0.1, 0.15) is 22.6 Å². The van der Waals surface area contributed by atoms with E-state index < -0.39 is 5.69 Å². The van der Waals surface area contributed by atoms with E-state index in [1.54, 1.807) is 0 Å². The fraction of sp³-hybridized carbons (Fsp3) is 0.231. The molecule has 3 heterocycles. The van der Waals surface area contributed by atoms with Gasteiger partial charge in [0.15, 0.2) is 0 Å². The molecule has 0 aliphatic carbocycles. The first-order valence-corrected chi connectivity index (χ1v) is 7.92. The molecule has 0 saturated carbocycles. The molecular formula is C13H12N4O2S2. The monoisotopic (exact) mass is 320 g/mol. The maximum atomic E-state index is 12.3. The lowest BCUT2D eigenvalue weighted by Crippen LogP contribution is -2.31. The van der Waals surface area contributed by atoms with Gasteiger partial charge in [0.25, 0.3) is 0 Å². The third-order valence-corrected chi connectivity index (χ3v) is 4.83. The first-order chi connectivity index (χ1) is 10.1. The molecule has 3 rings (SSSR count). The van der Waals surface area contributed by atoms with Crippen molar-refractivity contribution in [3.8, 4) is 10.6 Å². The Morgan fingerprint density at radius 3 is 2.90 bits per heavy atom. The molecule has 0 aliphatic heterocycles. The number of hydrogen-bond acceptors (Lipinski definition) is 6. The molecule has 6 nitrogen and oxygen atoms in total. The molecule has 0 fully saturated rings.